The van der Waals surface area contributed by atoms with Gasteiger partial charge in [0.05, 0.1) is 6.61 Å². The molecule has 78 valence electrons. The van der Waals surface area contributed by atoms with Crippen LogP contribution in [0.1, 0.15) is 23.7 Å². The van der Waals surface area contributed by atoms with E-state index >= 15 is 0 Å². The molecule has 0 aromatic carbocycles. The molecule has 3 rings (SSSR count). The number of hydrogen-bond acceptors (Lipinski definition) is 3. The number of fused-ring (bicyclic) bond motifs is 1. The second-order valence-electron chi connectivity index (χ2n) is 4.04. The number of pyridine rings is 1. The second kappa shape index (κ2) is 3.31. The fraction of sp³-hybridized carbons (Fsp3) is 0.455. The molecule has 0 saturated carbocycles. The lowest BCUT2D eigenvalue weighted by atomic mass is 10.1. The van der Waals surface area contributed by atoms with E-state index in [1.54, 1.807) is 0 Å². The highest BCUT2D eigenvalue weighted by atomic mass is 16.5. The summed E-state index contributed by atoms with van der Waals surface area (Å²) in [5.74, 6) is 1.29. The monoisotopic (exact) mass is 203 g/mol. The second-order valence-corrected chi connectivity index (χ2v) is 4.04. The Morgan fingerprint density at radius 1 is 1.47 bits per heavy atom. The first-order valence-corrected chi connectivity index (χ1v) is 5.23. The molecule has 2 aromatic rings. The van der Waals surface area contributed by atoms with Gasteiger partial charge < -0.3 is 4.74 Å². The van der Waals surface area contributed by atoms with Gasteiger partial charge in [-0.3, -0.25) is 0 Å². The molecule has 1 fully saturated rings. The Bertz CT molecular complexity index is 486. The minimum atomic E-state index is 0.380. The number of aromatic nitrogens is 3. The van der Waals surface area contributed by atoms with E-state index in [9.17, 15) is 0 Å². The maximum atomic E-state index is 5.34. The smallest absolute Gasteiger partial charge is 0.157 e. The van der Waals surface area contributed by atoms with Crippen molar-refractivity contribution < 1.29 is 4.74 Å². The van der Waals surface area contributed by atoms with Crippen LogP contribution in [-0.2, 0) is 4.74 Å². The number of ether oxygens (including phenoxy) is 1. The predicted octanol–water partition coefficient (Wildman–Crippen LogP) is 1.54. The molecule has 0 N–H and O–H groups in total. The summed E-state index contributed by atoms with van der Waals surface area (Å²) in [5.41, 5.74) is 2.11. The van der Waals surface area contributed by atoms with Gasteiger partial charge in [0.1, 0.15) is 0 Å². The van der Waals surface area contributed by atoms with E-state index in [4.69, 9.17) is 4.74 Å². The Balaban J connectivity index is 2.05. The van der Waals surface area contributed by atoms with E-state index in [-0.39, 0.29) is 0 Å². The van der Waals surface area contributed by atoms with Crippen molar-refractivity contribution in [1.82, 2.24) is 14.6 Å². The zero-order chi connectivity index (χ0) is 10.3. The average molecular weight is 203 g/mol. The van der Waals surface area contributed by atoms with E-state index < -0.39 is 0 Å². The molecular weight excluding hydrogens is 190 g/mol. The van der Waals surface area contributed by atoms with Crippen molar-refractivity contribution in [2.75, 3.05) is 13.2 Å². The molecule has 1 saturated heterocycles. The fourth-order valence-corrected chi connectivity index (χ4v) is 1.91. The van der Waals surface area contributed by atoms with Crippen LogP contribution >= 0.6 is 0 Å². The summed E-state index contributed by atoms with van der Waals surface area (Å²) in [4.78, 5) is 4.51. The zero-order valence-corrected chi connectivity index (χ0v) is 8.68. The lowest BCUT2D eigenvalue weighted by Gasteiger charge is -1.98. The van der Waals surface area contributed by atoms with Crippen LogP contribution < -0.4 is 0 Å². The van der Waals surface area contributed by atoms with Crippen molar-refractivity contribution in [3.63, 3.8) is 0 Å². The highest BCUT2D eigenvalue weighted by Crippen LogP contribution is 2.22. The Morgan fingerprint density at radius 3 is 3.20 bits per heavy atom. The number of rotatable bonds is 1. The molecule has 15 heavy (non-hydrogen) atoms. The molecule has 3 heterocycles. The Kier molecular flexibility index (Phi) is 1.95. The molecule has 0 amide bonds. The number of hydrogen-bond donors (Lipinski definition) is 0. The maximum absolute atomic E-state index is 5.34. The maximum Gasteiger partial charge on any atom is 0.157 e. The highest BCUT2D eigenvalue weighted by molar-refractivity contribution is 5.38. The third-order valence-electron chi connectivity index (χ3n) is 2.79. The van der Waals surface area contributed by atoms with Gasteiger partial charge in [0.15, 0.2) is 11.5 Å². The first-order chi connectivity index (χ1) is 7.33. The van der Waals surface area contributed by atoms with Crippen molar-refractivity contribution in [3.05, 3.63) is 29.7 Å². The molecule has 1 atom stereocenters. The van der Waals surface area contributed by atoms with Gasteiger partial charge in [-0.15, -0.1) is 0 Å². The van der Waals surface area contributed by atoms with Crippen LogP contribution in [0.25, 0.3) is 5.65 Å². The van der Waals surface area contributed by atoms with Gasteiger partial charge in [0, 0.05) is 18.7 Å². The van der Waals surface area contributed by atoms with Gasteiger partial charge in [-0.25, -0.2) is 9.50 Å². The third kappa shape index (κ3) is 1.51. The summed E-state index contributed by atoms with van der Waals surface area (Å²) in [6.07, 6.45) is 3.04. The van der Waals surface area contributed by atoms with E-state index in [1.807, 2.05) is 16.8 Å². The van der Waals surface area contributed by atoms with E-state index in [0.29, 0.717) is 5.92 Å². The standard InChI is InChI=1S/C11H13N3O/c1-8-2-3-10-12-11(13-14(10)6-8)9-4-5-15-7-9/h2-3,6,9H,4-5,7H2,1H3. The van der Waals surface area contributed by atoms with E-state index in [0.717, 1.165) is 31.1 Å². The molecule has 0 aliphatic carbocycles. The lowest BCUT2D eigenvalue weighted by Crippen LogP contribution is -2.00. The van der Waals surface area contributed by atoms with E-state index in [2.05, 4.69) is 23.1 Å². The topological polar surface area (TPSA) is 39.4 Å². The lowest BCUT2D eigenvalue weighted by molar-refractivity contribution is 0.193. The molecule has 0 radical (unpaired) electrons. The summed E-state index contributed by atoms with van der Waals surface area (Å²) in [7, 11) is 0. The summed E-state index contributed by atoms with van der Waals surface area (Å²) >= 11 is 0. The Labute approximate surface area is 87.9 Å². The molecule has 1 aliphatic rings. The summed E-state index contributed by atoms with van der Waals surface area (Å²) in [6, 6.07) is 4.06. The summed E-state index contributed by atoms with van der Waals surface area (Å²) in [5, 5.41) is 4.48. The van der Waals surface area contributed by atoms with Crippen molar-refractivity contribution in [3.8, 4) is 0 Å². The van der Waals surface area contributed by atoms with Gasteiger partial charge in [-0.2, -0.15) is 5.10 Å². The Hall–Kier alpha value is -1.42. The fourth-order valence-electron chi connectivity index (χ4n) is 1.91. The third-order valence-corrected chi connectivity index (χ3v) is 2.79. The molecule has 2 aromatic heterocycles. The van der Waals surface area contributed by atoms with E-state index in [1.165, 1.54) is 5.56 Å². The van der Waals surface area contributed by atoms with Gasteiger partial charge in [-0.1, -0.05) is 6.07 Å². The quantitative estimate of drug-likeness (QED) is 0.705. The molecular formula is C11H13N3O. The zero-order valence-electron chi connectivity index (χ0n) is 8.68. The largest absolute Gasteiger partial charge is 0.381 e. The van der Waals surface area contributed by atoms with Crippen LogP contribution in [0.15, 0.2) is 18.3 Å². The summed E-state index contributed by atoms with van der Waals surface area (Å²) in [6.45, 7) is 3.65. The first-order valence-electron chi connectivity index (χ1n) is 5.23. The molecule has 0 bridgehead atoms. The van der Waals surface area contributed by atoms with Crippen LogP contribution in [0.5, 0.6) is 0 Å². The summed E-state index contributed by atoms with van der Waals surface area (Å²) < 4.78 is 7.19. The molecule has 0 spiro atoms. The van der Waals surface area contributed by atoms with Crippen LogP contribution in [0.3, 0.4) is 0 Å². The van der Waals surface area contributed by atoms with Crippen molar-refractivity contribution in [2.45, 2.75) is 19.3 Å². The highest BCUT2D eigenvalue weighted by Gasteiger charge is 2.21. The first kappa shape index (κ1) is 8.85. The van der Waals surface area contributed by atoms with Gasteiger partial charge >= 0.3 is 0 Å². The normalized spacial score (nSPS) is 21.3. The molecule has 1 unspecified atom stereocenters. The molecule has 1 aliphatic heterocycles. The van der Waals surface area contributed by atoms with Gasteiger partial charge in [-0.05, 0) is 25.0 Å². The van der Waals surface area contributed by atoms with Crippen molar-refractivity contribution in [2.24, 2.45) is 0 Å². The van der Waals surface area contributed by atoms with Crippen molar-refractivity contribution >= 4 is 5.65 Å². The number of aryl methyl sites for hydroxylation is 1. The van der Waals surface area contributed by atoms with Crippen LogP contribution in [0.2, 0.25) is 0 Å². The van der Waals surface area contributed by atoms with Crippen LogP contribution in [-0.4, -0.2) is 27.8 Å². The van der Waals surface area contributed by atoms with Crippen molar-refractivity contribution in [1.29, 1.82) is 0 Å². The van der Waals surface area contributed by atoms with Crippen LogP contribution in [0, 0.1) is 6.92 Å². The SMILES string of the molecule is Cc1ccc2nc(C3CCOC3)nn2c1. The molecule has 4 nitrogen and oxygen atoms in total. The van der Waals surface area contributed by atoms with Crippen LogP contribution in [0.4, 0.5) is 0 Å². The average Bonchev–Trinajstić information content (AvgIpc) is 2.84. The predicted molar refractivity (Wildman–Crippen MR) is 55.9 cm³/mol. The van der Waals surface area contributed by atoms with Gasteiger partial charge in [0.25, 0.3) is 0 Å². The molecule has 4 heteroatoms. The minimum Gasteiger partial charge on any atom is -0.381 e. The minimum absolute atomic E-state index is 0.380. The number of nitrogens with zero attached hydrogens (tertiary/aromatic N) is 3. The van der Waals surface area contributed by atoms with Gasteiger partial charge in [0.2, 0.25) is 0 Å². The Morgan fingerprint density at radius 2 is 2.40 bits per heavy atom.